The molecule has 0 spiro atoms. The van der Waals surface area contributed by atoms with Crippen LogP contribution in [0.2, 0.25) is 0 Å². The van der Waals surface area contributed by atoms with Crippen LogP contribution in [0.25, 0.3) is 0 Å². The molecule has 0 aliphatic carbocycles. The standard InChI is InChI=1S/2C6H3Br2F/c2*7-4-1-2-5(8)6(9)3-4/h2*1-3H. The van der Waals surface area contributed by atoms with Crippen molar-refractivity contribution in [3.8, 4) is 0 Å². The van der Waals surface area contributed by atoms with Crippen molar-refractivity contribution < 1.29 is 8.78 Å². The molecule has 0 bridgehead atoms. The van der Waals surface area contributed by atoms with Crippen LogP contribution in [0.5, 0.6) is 0 Å². The van der Waals surface area contributed by atoms with Gasteiger partial charge in [-0.15, -0.1) is 0 Å². The molecule has 2 aromatic carbocycles. The van der Waals surface area contributed by atoms with Crippen LogP contribution in [0.15, 0.2) is 54.3 Å². The first kappa shape index (κ1) is 16.3. The smallest absolute Gasteiger partial charge is 0.138 e. The van der Waals surface area contributed by atoms with Gasteiger partial charge in [0.05, 0.1) is 8.95 Å². The third-order valence-corrected chi connectivity index (χ3v) is 4.04. The fourth-order valence-corrected chi connectivity index (χ4v) is 2.10. The monoisotopic (exact) mass is 504 g/mol. The van der Waals surface area contributed by atoms with Crippen LogP contribution >= 0.6 is 63.7 Å². The number of benzene rings is 2. The van der Waals surface area contributed by atoms with E-state index in [1.54, 1.807) is 24.3 Å². The summed E-state index contributed by atoms with van der Waals surface area (Å²) in [7, 11) is 0. The van der Waals surface area contributed by atoms with Crippen molar-refractivity contribution in [1.29, 1.82) is 0 Å². The Morgan fingerprint density at radius 1 is 0.611 bits per heavy atom. The van der Waals surface area contributed by atoms with E-state index in [0.717, 1.165) is 8.95 Å². The Labute approximate surface area is 137 Å². The zero-order chi connectivity index (χ0) is 13.7. The van der Waals surface area contributed by atoms with Crippen LogP contribution in [0.4, 0.5) is 8.78 Å². The second-order valence-electron chi connectivity index (χ2n) is 3.12. The Bertz CT molecular complexity index is 494. The normalized spacial score (nSPS) is 9.67. The van der Waals surface area contributed by atoms with E-state index >= 15 is 0 Å². The fraction of sp³-hybridized carbons (Fsp3) is 0. The van der Waals surface area contributed by atoms with Crippen molar-refractivity contribution in [1.82, 2.24) is 0 Å². The maximum atomic E-state index is 12.5. The van der Waals surface area contributed by atoms with Crippen molar-refractivity contribution in [2.45, 2.75) is 0 Å². The molecule has 0 saturated heterocycles. The predicted molar refractivity (Wildman–Crippen MR) is 83.6 cm³/mol. The Morgan fingerprint density at radius 2 is 0.944 bits per heavy atom. The summed E-state index contributed by atoms with van der Waals surface area (Å²) in [5.41, 5.74) is 0. The molecule has 0 atom stereocenters. The highest BCUT2D eigenvalue weighted by molar-refractivity contribution is 9.11. The molecule has 0 amide bonds. The Morgan fingerprint density at radius 3 is 1.17 bits per heavy atom. The van der Waals surface area contributed by atoms with Gasteiger partial charge in [-0.25, -0.2) is 8.78 Å². The first-order valence-electron chi connectivity index (χ1n) is 4.61. The zero-order valence-electron chi connectivity index (χ0n) is 8.73. The molecule has 0 aromatic heterocycles. The van der Waals surface area contributed by atoms with Crippen molar-refractivity contribution in [2.75, 3.05) is 0 Å². The molecule has 6 heteroatoms. The van der Waals surface area contributed by atoms with Gasteiger partial charge in [0.15, 0.2) is 0 Å². The van der Waals surface area contributed by atoms with E-state index in [-0.39, 0.29) is 11.6 Å². The van der Waals surface area contributed by atoms with Crippen molar-refractivity contribution >= 4 is 63.7 Å². The van der Waals surface area contributed by atoms with Crippen LogP contribution in [-0.4, -0.2) is 0 Å². The molecule has 2 rings (SSSR count). The number of hydrogen-bond donors (Lipinski definition) is 0. The first-order chi connectivity index (χ1) is 8.40. The third-order valence-electron chi connectivity index (χ3n) is 1.76. The lowest BCUT2D eigenvalue weighted by Gasteiger charge is -1.92. The molecule has 0 heterocycles. The lowest BCUT2D eigenvalue weighted by molar-refractivity contribution is 0.620. The second kappa shape index (κ2) is 7.72. The summed E-state index contributed by atoms with van der Waals surface area (Å²) in [5.74, 6) is -0.492. The Hall–Kier alpha value is 0.220. The van der Waals surface area contributed by atoms with Gasteiger partial charge in [-0.05, 0) is 68.3 Å². The van der Waals surface area contributed by atoms with Gasteiger partial charge in [-0.3, -0.25) is 0 Å². The van der Waals surface area contributed by atoms with E-state index in [0.29, 0.717) is 8.95 Å². The third kappa shape index (κ3) is 5.47. The van der Waals surface area contributed by atoms with Gasteiger partial charge in [0, 0.05) is 8.95 Å². The molecule has 0 unspecified atom stereocenters. The highest BCUT2D eigenvalue weighted by Gasteiger charge is 1.96. The fourth-order valence-electron chi connectivity index (χ4n) is 0.941. The number of halogens is 6. The summed E-state index contributed by atoms with van der Waals surface area (Å²) in [5, 5.41) is 0. The summed E-state index contributed by atoms with van der Waals surface area (Å²) >= 11 is 12.3. The van der Waals surface area contributed by atoms with Gasteiger partial charge in [0.2, 0.25) is 0 Å². The molecule has 0 radical (unpaired) electrons. The van der Waals surface area contributed by atoms with Crippen molar-refractivity contribution in [3.05, 3.63) is 65.9 Å². The van der Waals surface area contributed by atoms with Gasteiger partial charge < -0.3 is 0 Å². The molecule has 0 aliphatic rings. The van der Waals surface area contributed by atoms with Crippen molar-refractivity contribution in [2.24, 2.45) is 0 Å². The van der Waals surface area contributed by atoms with Crippen LogP contribution < -0.4 is 0 Å². The first-order valence-corrected chi connectivity index (χ1v) is 7.78. The van der Waals surface area contributed by atoms with Crippen LogP contribution in [-0.2, 0) is 0 Å². The minimum atomic E-state index is -0.246. The highest BCUT2D eigenvalue weighted by Crippen LogP contribution is 2.19. The minimum Gasteiger partial charge on any atom is -0.206 e. The van der Waals surface area contributed by atoms with E-state index in [1.165, 1.54) is 12.1 Å². The van der Waals surface area contributed by atoms with E-state index in [1.807, 2.05) is 0 Å². The molecule has 0 fully saturated rings. The summed E-state index contributed by atoms with van der Waals surface area (Å²) in [4.78, 5) is 0. The van der Waals surface area contributed by atoms with E-state index in [9.17, 15) is 8.78 Å². The minimum absolute atomic E-state index is 0.246. The lowest BCUT2D eigenvalue weighted by Crippen LogP contribution is -1.74. The molecule has 2 aromatic rings. The van der Waals surface area contributed by atoms with Crippen LogP contribution in [0.1, 0.15) is 0 Å². The molecule has 0 saturated carbocycles. The van der Waals surface area contributed by atoms with Crippen molar-refractivity contribution in [3.63, 3.8) is 0 Å². The molecule has 0 nitrogen and oxygen atoms in total. The van der Waals surface area contributed by atoms with Gasteiger partial charge in [0.25, 0.3) is 0 Å². The molecular weight excluding hydrogens is 502 g/mol. The molecule has 96 valence electrons. The second-order valence-corrected chi connectivity index (χ2v) is 6.66. The maximum absolute atomic E-state index is 12.5. The van der Waals surface area contributed by atoms with E-state index < -0.39 is 0 Å². The largest absolute Gasteiger partial charge is 0.206 e. The topological polar surface area (TPSA) is 0 Å². The Balaban J connectivity index is 0.000000180. The van der Waals surface area contributed by atoms with Gasteiger partial charge in [0.1, 0.15) is 11.6 Å². The lowest BCUT2D eigenvalue weighted by atomic mass is 10.4. The SMILES string of the molecule is Fc1cc(Br)ccc1Br.Fc1cc(Br)ccc1Br. The van der Waals surface area contributed by atoms with E-state index in [2.05, 4.69) is 63.7 Å². The Kier molecular flexibility index (Phi) is 6.98. The van der Waals surface area contributed by atoms with Crippen LogP contribution in [0.3, 0.4) is 0 Å². The number of hydrogen-bond acceptors (Lipinski definition) is 0. The average Bonchev–Trinajstić information content (AvgIpc) is 2.30. The molecule has 0 N–H and O–H groups in total. The predicted octanol–water partition coefficient (Wildman–Crippen LogP) is 6.70. The van der Waals surface area contributed by atoms with Gasteiger partial charge >= 0.3 is 0 Å². The molecule has 0 aliphatic heterocycles. The summed E-state index contributed by atoms with van der Waals surface area (Å²) < 4.78 is 27.5. The van der Waals surface area contributed by atoms with E-state index in [4.69, 9.17) is 0 Å². The molecule has 18 heavy (non-hydrogen) atoms. The highest BCUT2D eigenvalue weighted by atomic mass is 79.9. The molecular formula is C12H6Br4F2. The average molecular weight is 508 g/mol. The summed E-state index contributed by atoms with van der Waals surface area (Å²) in [6, 6.07) is 9.66. The zero-order valence-corrected chi connectivity index (χ0v) is 15.1. The number of rotatable bonds is 0. The summed E-state index contributed by atoms with van der Waals surface area (Å²) in [6.07, 6.45) is 0. The van der Waals surface area contributed by atoms with Gasteiger partial charge in [-0.1, -0.05) is 31.9 Å². The van der Waals surface area contributed by atoms with Gasteiger partial charge in [-0.2, -0.15) is 0 Å². The summed E-state index contributed by atoms with van der Waals surface area (Å²) in [6.45, 7) is 0. The van der Waals surface area contributed by atoms with Crippen LogP contribution in [0, 0.1) is 11.6 Å². The quantitative estimate of drug-likeness (QED) is 0.348. The maximum Gasteiger partial charge on any atom is 0.138 e.